The molecule has 2 atom stereocenters. The second-order valence-electron chi connectivity index (χ2n) is 7.14. The molecule has 1 saturated carbocycles. The minimum Gasteiger partial charge on any atom is -0.349 e. The topological polar surface area (TPSA) is 66.6 Å². The molecular formula is C16H30ClN3O2. The third kappa shape index (κ3) is 4.13. The summed E-state index contributed by atoms with van der Waals surface area (Å²) in [6, 6.07) is 0. The Morgan fingerprint density at radius 3 is 2.23 bits per heavy atom. The lowest BCUT2D eigenvalue weighted by Crippen LogP contribution is -2.55. The Labute approximate surface area is 140 Å². The zero-order valence-electron chi connectivity index (χ0n) is 14.0. The summed E-state index contributed by atoms with van der Waals surface area (Å²) in [7, 11) is 3.59. The number of amides is 2. The van der Waals surface area contributed by atoms with Crippen LogP contribution in [0.1, 0.15) is 45.4 Å². The molecule has 128 valence electrons. The largest absolute Gasteiger partial charge is 0.349 e. The van der Waals surface area contributed by atoms with Crippen LogP contribution in [0.3, 0.4) is 0 Å². The van der Waals surface area contributed by atoms with E-state index in [0.29, 0.717) is 13.1 Å². The van der Waals surface area contributed by atoms with Gasteiger partial charge in [-0.25, -0.2) is 0 Å². The van der Waals surface area contributed by atoms with Gasteiger partial charge in [0, 0.05) is 38.6 Å². The van der Waals surface area contributed by atoms with Crippen LogP contribution in [0, 0.1) is 11.8 Å². The van der Waals surface area contributed by atoms with Crippen LogP contribution in [0.25, 0.3) is 0 Å². The first-order valence-corrected chi connectivity index (χ1v) is 8.12. The number of rotatable bonds is 2. The van der Waals surface area contributed by atoms with Crippen molar-refractivity contribution < 1.29 is 9.59 Å². The van der Waals surface area contributed by atoms with E-state index < -0.39 is 0 Å². The molecule has 2 unspecified atom stereocenters. The first-order chi connectivity index (χ1) is 9.83. The molecule has 2 rings (SSSR count). The first-order valence-electron chi connectivity index (χ1n) is 8.12. The highest BCUT2D eigenvalue weighted by Gasteiger charge is 2.40. The van der Waals surface area contributed by atoms with Crippen LogP contribution in [0.2, 0.25) is 0 Å². The van der Waals surface area contributed by atoms with Crippen LogP contribution in [0.4, 0.5) is 0 Å². The van der Waals surface area contributed by atoms with Gasteiger partial charge < -0.3 is 15.5 Å². The van der Waals surface area contributed by atoms with E-state index in [4.69, 9.17) is 5.73 Å². The van der Waals surface area contributed by atoms with E-state index in [-0.39, 0.29) is 41.6 Å². The van der Waals surface area contributed by atoms with E-state index in [1.54, 1.807) is 19.0 Å². The Balaban J connectivity index is 0.00000242. The van der Waals surface area contributed by atoms with Crippen molar-refractivity contribution in [1.29, 1.82) is 0 Å². The lowest BCUT2D eigenvalue weighted by atomic mass is 9.73. The van der Waals surface area contributed by atoms with Crippen molar-refractivity contribution in [3.8, 4) is 0 Å². The summed E-state index contributed by atoms with van der Waals surface area (Å²) in [6.07, 6.45) is 5.60. The van der Waals surface area contributed by atoms with Crippen LogP contribution in [0.5, 0.6) is 0 Å². The molecule has 1 aliphatic heterocycles. The van der Waals surface area contributed by atoms with Gasteiger partial charge in [0.15, 0.2) is 0 Å². The van der Waals surface area contributed by atoms with E-state index in [1.807, 2.05) is 11.8 Å². The SMILES string of the molecule is CN(C)C(=O)C1CCN(C(=O)C2CCCCC2(C)N)CC1.Cl. The molecule has 2 amide bonds. The Kier molecular flexibility index (Phi) is 6.68. The molecule has 6 heteroatoms. The van der Waals surface area contributed by atoms with Crippen molar-refractivity contribution in [1.82, 2.24) is 9.80 Å². The summed E-state index contributed by atoms with van der Waals surface area (Å²) < 4.78 is 0. The number of carbonyl (C=O) groups is 2. The summed E-state index contributed by atoms with van der Waals surface area (Å²) >= 11 is 0. The Morgan fingerprint density at radius 1 is 1.14 bits per heavy atom. The van der Waals surface area contributed by atoms with Gasteiger partial charge in [-0.15, -0.1) is 12.4 Å². The number of hydrogen-bond acceptors (Lipinski definition) is 3. The molecule has 1 aliphatic carbocycles. The molecule has 2 N–H and O–H groups in total. The zero-order valence-corrected chi connectivity index (χ0v) is 14.8. The predicted molar refractivity (Wildman–Crippen MR) is 89.8 cm³/mol. The van der Waals surface area contributed by atoms with Crippen LogP contribution >= 0.6 is 12.4 Å². The summed E-state index contributed by atoms with van der Waals surface area (Å²) in [4.78, 5) is 28.3. The van der Waals surface area contributed by atoms with Gasteiger partial charge in [0.1, 0.15) is 0 Å². The van der Waals surface area contributed by atoms with E-state index in [9.17, 15) is 9.59 Å². The zero-order chi connectivity index (χ0) is 15.6. The van der Waals surface area contributed by atoms with E-state index >= 15 is 0 Å². The summed E-state index contributed by atoms with van der Waals surface area (Å²) in [6.45, 7) is 3.39. The highest BCUT2D eigenvalue weighted by molar-refractivity contribution is 5.85. The lowest BCUT2D eigenvalue weighted by molar-refractivity contribution is -0.143. The highest BCUT2D eigenvalue weighted by Crippen LogP contribution is 2.34. The molecule has 0 aromatic heterocycles. The number of hydrogen-bond donors (Lipinski definition) is 1. The molecule has 1 heterocycles. The average molecular weight is 332 g/mol. The van der Waals surface area contributed by atoms with Crippen molar-refractivity contribution in [2.24, 2.45) is 17.6 Å². The molecule has 22 heavy (non-hydrogen) atoms. The van der Waals surface area contributed by atoms with Gasteiger partial charge in [-0.1, -0.05) is 12.8 Å². The van der Waals surface area contributed by atoms with Crippen molar-refractivity contribution in [3.05, 3.63) is 0 Å². The first kappa shape index (κ1) is 19.2. The lowest BCUT2D eigenvalue weighted by Gasteiger charge is -2.41. The Bertz CT molecular complexity index is 404. The fourth-order valence-electron chi connectivity index (χ4n) is 3.70. The standard InChI is InChI=1S/C16H29N3O2.ClH/c1-16(17)9-5-4-6-13(16)15(21)19-10-7-12(8-11-19)14(20)18(2)3;/h12-13H,4-11,17H2,1-3H3;1H. The molecule has 0 aromatic carbocycles. The van der Waals surface area contributed by atoms with Gasteiger partial charge in [0.05, 0.1) is 5.92 Å². The summed E-state index contributed by atoms with van der Waals surface area (Å²) in [5.74, 6) is 0.408. The maximum Gasteiger partial charge on any atom is 0.227 e. The third-order valence-electron chi connectivity index (χ3n) is 5.15. The quantitative estimate of drug-likeness (QED) is 0.836. The average Bonchev–Trinajstić information content (AvgIpc) is 2.45. The molecular weight excluding hydrogens is 302 g/mol. The monoisotopic (exact) mass is 331 g/mol. The normalized spacial score (nSPS) is 29.6. The van der Waals surface area contributed by atoms with E-state index in [1.165, 1.54) is 0 Å². The number of halogens is 1. The number of likely N-dealkylation sites (tertiary alicyclic amines) is 1. The van der Waals surface area contributed by atoms with Gasteiger partial charge in [-0.05, 0) is 32.6 Å². The van der Waals surface area contributed by atoms with Gasteiger partial charge in [0.25, 0.3) is 0 Å². The Morgan fingerprint density at radius 2 is 1.73 bits per heavy atom. The van der Waals surface area contributed by atoms with Crippen molar-refractivity contribution in [2.45, 2.75) is 51.0 Å². The fourth-order valence-corrected chi connectivity index (χ4v) is 3.70. The van der Waals surface area contributed by atoms with Gasteiger partial charge in [-0.3, -0.25) is 9.59 Å². The minimum absolute atomic E-state index is 0. The Hall–Kier alpha value is -0.810. The second kappa shape index (κ2) is 7.64. The van der Waals surface area contributed by atoms with Crippen LogP contribution in [-0.4, -0.2) is 54.3 Å². The van der Waals surface area contributed by atoms with E-state index in [2.05, 4.69) is 0 Å². The number of nitrogens with zero attached hydrogens (tertiary/aromatic N) is 2. The summed E-state index contributed by atoms with van der Waals surface area (Å²) in [5.41, 5.74) is 5.97. The molecule has 0 spiro atoms. The van der Waals surface area contributed by atoms with Crippen LogP contribution < -0.4 is 5.73 Å². The summed E-state index contributed by atoms with van der Waals surface area (Å²) in [5, 5.41) is 0. The maximum atomic E-state index is 12.7. The maximum absolute atomic E-state index is 12.7. The number of carbonyl (C=O) groups excluding carboxylic acids is 2. The molecule has 1 saturated heterocycles. The molecule has 0 aromatic rings. The predicted octanol–water partition coefficient (Wildman–Crippen LogP) is 1.64. The molecule has 0 radical (unpaired) electrons. The van der Waals surface area contributed by atoms with Crippen molar-refractivity contribution >= 4 is 24.2 Å². The van der Waals surface area contributed by atoms with Gasteiger partial charge in [-0.2, -0.15) is 0 Å². The van der Waals surface area contributed by atoms with Crippen LogP contribution in [0.15, 0.2) is 0 Å². The smallest absolute Gasteiger partial charge is 0.227 e. The number of piperidine rings is 1. The van der Waals surface area contributed by atoms with Crippen molar-refractivity contribution in [3.63, 3.8) is 0 Å². The van der Waals surface area contributed by atoms with Gasteiger partial charge in [0.2, 0.25) is 11.8 Å². The number of nitrogens with two attached hydrogens (primary N) is 1. The minimum atomic E-state index is -0.369. The van der Waals surface area contributed by atoms with E-state index in [0.717, 1.165) is 38.5 Å². The third-order valence-corrected chi connectivity index (χ3v) is 5.15. The molecule has 5 nitrogen and oxygen atoms in total. The second-order valence-corrected chi connectivity index (χ2v) is 7.14. The molecule has 2 aliphatic rings. The molecule has 0 bridgehead atoms. The van der Waals surface area contributed by atoms with Gasteiger partial charge >= 0.3 is 0 Å². The highest BCUT2D eigenvalue weighted by atomic mass is 35.5. The fraction of sp³-hybridized carbons (Fsp3) is 0.875. The van der Waals surface area contributed by atoms with Crippen molar-refractivity contribution in [2.75, 3.05) is 27.2 Å². The van der Waals surface area contributed by atoms with Crippen LogP contribution in [-0.2, 0) is 9.59 Å². The molecule has 2 fully saturated rings.